The van der Waals surface area contributed by atoms with Crippen molar-refractivity contribution in [2.45, 2.75) is 23.4 Å². The number of rotatable bonds is 3. The molecule has 0 aliphatic rings. The Morgan fingerprint density at radius 2 is 1.42 bits per heavy atom. The van der Waals surface area contributed by atoms with Crippen LogP contribution >= 0.6 is 0 Å². The van der Waals surface area contributed by atoms with Gasteiger partial charge in [0.2, 0.25) is 0 Å². The molecule has 1 rings (SSSR count). The van der Waals surface area contributed by atoms with E-state index >= 15 is 0 Å². The van der Waals surface area contributed by atoms with Crippen molar-refractivity contribution < 1.29 is 34.8 Å². The van der Waals surface area contributed by atoms with Crippen LogP contribution in [-0.2, 0) is 16.3 Å². The van der Waals surface area contributed by atoms with Gasteiger partial charge < -0.3 is 0 Å². The number of hydrogen-bond acceptors (Lipinski definition) is 2. The first kappa shape index (κ1) is 15.8. The van der Waals surface area contributed by atoms with Gasteiger partial charge in [-0.3, -0.25) is 0 Å². The van der Waals surface area contributed by atoms with E-state index in [0.717, 1.165) is 12.1 Å². The molecule has 0 aliphatic carbocycles. The van der Waals surface area contributed by atoms with Crippen LogP contribution in [0.5, 0.6) is 0 Å². The minimum absolute atomic E-state index is 0.141. The van der Waals surface area contributed by atoms with E-state index in [1.54, 1.807) is 0 Å². The Morgan fingerprint density at radius 3 is 1.79 bits per heavy atom. The molecule has 108 valence electrons. The van der Waals surface area contributed by atoms with Crippen molar-refractivity contribution in [3.8, 4) is 0 Å². The topological polar surface area (TPSA) is 34.1 Å². The lowest BCUT2D eigenvalue weighted by atomic mass is 10.1. The fourth-order valence-corrected chi connectivity index (χ4v) is 2.48. The Labute approximate surface area is 105 Å². The number of hydrogen-bond donors (Lipinski definition) is 0. The van der Waals surface area contributed by atoms with Gasteiger partial charge in [0.15, 0.2) is 5.25 Å². The van der Waals surface area contributed by atoms with Gasteiger partial charge in [-0.15, -0.1) is 0 Å². The molecule has 0 bridgehead atoms. The van der Waals surface area contributed by atoms with Gasteiger partial charge in [0, 0.05) is 0 Å². The van der Waals surface area contributed by atoms with E-state index < -0.39 is 33.2 Å². The highest BCUT2D eigenvalue weighted by atomic mass is 32.2. The smallest absolute Gasteiger partial charge is 0.219 e. The van der Waals surface area contributed by atoms with E-state index in [-0.39, 0.29) is 5.56 Å². The van der Waals surface area contributed by atoms with Crippen LogP contribution in [0.4, 0.5) is 26.3 Å². The van der Waals surface area contributed by atoms with Crippen molar-refractivity contribution in [2.24, 2.45) is 0 Å². The second kappa shape index (κ2) is 5.03. The third-order valence-corrected chi connectivity index (χ3v) is 4.15. The summed E-state index contributed by atoms with van der Waals surface area (Å²) in [5, 5.41) is -3.50. The molecule has 0 aromatic heterocycles. The summed E-state index contributed by atoms with van der Waals surface area (Å²) in [7, 11) is -6.32. The van der Waals surface area contributed by atoms with Gasteiger partial charge in [0.05, 0.1) is 0 Å². The molecule has 1 atom stereocenters. The van der Waals surface area contributed by atoms with Crippen molar-refractivity contribution >= 4 is 9.84 Å². The molecule has 9 heteroatoms. The second-order valence-corrected chi connectivity index (χ2v) is 5.83. The molecule has 0 spiro atoms. The van der Waals surface area contributed by atoms with Crippen LogP contribution in [-0.4, -0.2) is 25.4 Å². The summed E-state index contributed by atoms with van der Waals surface area (Å²) in [6, 6.07) is 6.32. The molecule has 1 unspecified atom stereocenters. The van der Waals surface area contributed by atoms with E-state index in [0.29, 0.717) is 0 Å². The Hall–Kier alpha value is -1.25. The molecule has 0 saturated carbocycles. The molecule has 19 heavy (non-hydrogen) atoms. The maximum atomic E-state index is 12.6. The number of alkyl halides is 6. The van der Waals surface area contributed by atoms with Crippen molar-refractivity contribution in [1.29, 1.82) is 0 Å². The molecule has 0 heterocycles. The summed E-state index contributed by atoms with van der Waals surface area (Å²) in [5.74, 6) is 0. The zero-order chi connectivity index (χ0) is 14.9. The SMILES string of the molecule is O=S(=O)(C(Cc1ccccc1)C(F)(F)F)C(F)(F)F. The average molecular weight is 306 g/mol. The summed E-state index contributed by atoms with van der Waals surface area (Å²) in [4.78, 5) is 0. The number of benzene rings is 1. The average Bonchev–Trinajstić information content (AvgIpc) is 2.24. The van der Waals surface area contributed by atoms with Crippen molar-refractivity contribution in [2.75, 3.05) is 0 Å². The van der Waals surface area contributed by atoms with Gasteiger partial charge in [0.1, 0.15) is 0 Å². The highest BCUT2D eigenvalue weighted by Gasteiger charge is 2.60. The van der Waals surface area contributed by atoms with Crippen LogP contribution in [0.25, 0.3) is 0 Å². The maximum Gasteiger partial charge on any atom is 0.498 e. The molecule has 1 aromatic rings. The van der Waals surface area contributed by atoms with Crippen molar-refractivity contribution in [3.63, 3.8) is 0 Å². The first-order valence-electron chi connectivity index (χ1n) is 4.87. The van der Waals surface area contributed by atoms with Gasteiger partial charge >= 0.3 is 11.7 Å². The monoisotopic (exact) mass is 306 g/mol. The van der Waals surface area contributed by atoms with Crippen LogP contribution < -0.4 is 0 Å². The van der Waals surface area contributed by atoms with E-state index in [1.807, 2.05) is 0 Å². The van der Waals surface area contributed by atoms with Gasteiger partial charge in [-0.2, -0.15) is 26.3 Å². The van der Waals surface area contributed by atoms with E-state index in [9.17, 15) is 34.8 Å². The first-order chi connectivity index (χ1) is 8.46. The summed E-state index contributed by atoms with van der Waals surface area (Å²) in [5.41, 5.74) is -6.08. The molecule has 2 nitrogen and oxygen atoms in total. The zero-order valence-corrected chi connectivity index (χ0v) is 9.98. The minimum atomic E-state index is -6.32. The molecule has 0 fully saturated rings. The summed E-state index contributed by atoms with van der Waals surface area (Å²) in [6.45, 7) is 0. The van der Waals surface area contributed by atoms with Crippen LogP contribution in [0, 0.1) is 0 Å². The zero-order valence-electron chi connectivity index (χ0n) is 9.16. The summed E-state index contributed by atoms with van der Waals surface area (Å²) < 4.78 is 96.3. The quantitative estimate of drug-likeness (QED) is 0.804. The van der Waals surface area contributed by atoms with E-state index in [2.05, 4.69) is 0 Å². The summed E-state index contributed by atoms with van der Waals surface area (Å²) in [6.07, 6.45) is -6.77. The molecule has 0 saturated heterocycles. The third kappa shape index (κ3) is 3.62. The molecular weight excluding hydrogens is 298 g/mol. The Bertz CT molecular complexity index is 517. The molecular formula is C10H8F6O2S. The van der Waals surface area contributed by atoms with Crippen LogP contribution in [0.15, 0.2) is 30.3 Å². The van der Waals surface area contributed by atoms with Gasteiger partial charge in [-0.25, -0.2) is 8.42 Å². The number of halogens is 6. The predicted molar refractivity (Wildman–Crippen MR) is 55.0 cm³/mol. The van der Waals surface area contributed by atoms with Crippen LogP contribution in [0.3, 0.4) is 0 Å². The molecule has 1 aromatic carbocycles. The molecule has 0 radical (unpaired) electrons. The Morgan fingerprint density at radius 1 is 0.947 bits per heavy atom. The third-order valence-electron chi connectivity index (χ3n) is 2.33. The van der Waals surface area contributed by atoms with Gasteiger partial charge in [-0.05, 0) is 12.0 Å². The molecule has 0 aliphatic heterocycles. The largest absolute Gasteiger partial charge is 0.498 e. The Balaban J connectivity index is 3.19. The lowest BCUT2D eigenvalue weighted by Gasteiger charge is -2.21. The molecule has 0 amide bonds. The fourth-order valence-electron chi connectivity index (χ4n) is 1.39. The maximum absolute atomic E-state index is 12.6. The van der Waals surface area contributed by atoms with Crippen LogP contribution in [0.1, 0.15) is 5.56 Å². The lowest BCUT2D eigenvalue weighted by Crippen LogP contribution is -2.45. The second-order valence-electron chi connectivity index (χ2n) is 3.71. The minimum Gasteiger partial charge on any atom is -0.219 e. The van der Waals surface area contributed by atoms with Gasteiger partial charge in [-0.1, -0.05) is 30.3 Å². The van der Waals surface area contributed by atoms with E-state index in [4.69, 9.17) is 0 Å². The van der Waals surface area contributed by atoms with Gasteiger partial charge in [0.25, 0.3) is 9.84 Å². The number of sulfone groups is 1. The lowest BCUT2D eigenvalue weighted by molar-refractivity contribution is -0.134. The standard InChI is InChI=1S/C10H8F6O2S/c11-9(12,13)8(19(17,18)10(14,15)16)6-7-4-2-1-3-5-7/h1-5,8H,6H2. The first-order valence-corrected chi connectivity index (χ1v) is 6.41. The fraction of sp³-hybridized carbons (Fsp3) is 0.400. The Kier molecular flexibility index (Phi) is 4.18. The normalized spacial score (nSPS) is 15.3. The highest BCUT2D eigenvalue weighted by molar-refractivity contribution is 7.92. The summed E-state index contributed by atoms with van der Waals surface area (Å²) >= 11 is 0. The highest BCUT2D eigenvalue weighted by Crippen LogP contribution is 2.37. The van der Waals surface area contributed by atoms with E-state index in [1.165, 1.54) is 18.2 Å². The van der Waals surface area contributed by atoms with Crippen LogP contribution in [0.2, 0.25) is 0 Å². The predicted octanol–water partition coefficient (Wildman–Crippen LogP) is 3.09. The molecule has 0 N–H and O–H groups in total. The van der Waals surface area contributed by atoms with Crippen molar-refractivity contribution in [3.05, 3.63) is 35.9 Å². The van der Waals surface area contributed by atoms with Crippen molar-refractivity contribution in [1.82, 2.24) is 0 Å².